The van der Waals surface area contributed by atoms with Crippen LogP contribution in [0.5, 0.6) is 11.5 Å². The minimum absolute atomic E-state index is 0.00832. The lowest BCUT2D eigenvalue weighted by Crippen LogP contribution is -2.16. The number of benzene rings is 2. The molecule has 4 rings (SSSR count). The van der Waals surface area contributed by atoms with Gasteiger partial charge in [0.15, 0.2) is 11.5 Å². The molecule has 0 saturated heterocycles. The highest BCUT2D eigenvalue weighted by molar-refractivity contribution is 8.00. The Bertz CT molecular complexity index is 1270. The molecular formula is C22H13F4N3O3S. The molecule has 1 aliphatic heterocycles. The van der Waals surface area contributed by atoms with Crippen molar-refractivity contribution in [2.45, 2.75) is 11.2 Å². The standard InChI is InChI=1S/C22H13F4N3O3S/c23-15-3-1-2-4-16(15)28-20(30)10-33-21-13(9-27)14(22(24,25)26)8-17(29-21)12-5-6-18-19(7-12)32-11-31-18/h1-8H,10-11H2,(H,28,30). The van der Waals surface area contributed by atoms with E-state index < -0.39 is 34.8 Å². The lowest BCUT2D eigenvalue weighted by molar-refractivity contribution is -0.138. The Labute approximate surface area is 189 Å². The first-order chi connectivity index (χ1) is 15.8. The van der Waals surface area contributed by atoms with Crippen LogP contribution in [0.3, 0.4) is 0 Å². The normalized spacial score (nSPS) is 12.3. The van der Waals surface area contributed by atoms with Crippen molar-refractivity contribution in [2.75, 3.05) is 17.9 Å². The van der Waals surface area contributed by atoms with Crippen LogP contribution in [0.15, 0.2) is 53.6 Å². The summed E-state index contributed by atoms with van der Waals surface area (Å²) in [7, 11) is 0. The Balaban J connectivity index is 1.66. The first-order valence-electron chi connectivity index (χ1n) is 9.36. The maximum atomic E-state index is 13.7. The highest BCUT2D eigenvalue weighted by Crippen LogP contribution is 2.40. The lowest BCUT2D eigenvalue weighted by atomic mass is 10.0. The van der Waals surface area contributed by atoms with Gasteiger partial charge in [0.1, 0.15) is 16.9 Å². The van der Waals surface area contributed by atoms with E-state index in [0.29, 0.717) is 28.8 Å². The summed E-state index contributed by atoms with van der Waals surface area (Å²) in [6.45, 7) is -0.00832. The van der Waals surface area contributed by atoms with Crippen LogP contribution < -0.4 is 14.8 Å². The van der Waals surface area contributed by atoms with Crippen molar-refractivity contribution in [2.24, 2.45) is 0 Å². The molecule has 2 aromatic carbocycles. The fraction of sp³-hybridized carbons (Fsp3) is 0.136. The molecule has 1 N–H and O–H groups in total. The van der Waals surface area contributed by atoms with Crippen molar-refractivity contribution in [3.05, 3.63) is 65.5 Å². The number of nitriles is 1. The van der Waals surface area contributed by atoms with Gasteiger partial charge in [0, 0.05) is 5.56 Å². The smallest absolute Gasteiger partial charge is 0.417 e. The molecule has 0 unspecified atom stereocenters. The number of ether oxygens (including phenoxy) is 2. The van der Waals surface area contributed by atoms with Crippen molar-refractivity contribution in [3.8, 4) is 28.8 Å². The number of rotatable bonds is 5. The Morgan fingerprint density at radius 2 is 1.91 bits per heavy atom. The van der Waals surface area contributed by atoms with Crippen LogP contribution in [-0.2, 0) is 11.0 Å². The predicted octanol–water partition coefficient (Wildman–Crippen LogP) is 5.24. The molecule has 11 heteroatoms. The summed E-state index contributed by atoms with van der Waals surface area (Å²) in [4.78, 5) is 16.4. The van der Waals surface area contributed by atoms with Gasteiger partial charge in [-0.1, -0.05) is 23.9 Å². The summed E-state index contributed by atoms with van der Waals surface area (Å²) in [6, 6.07) is 12.3. The van der Waals surface area contributed by atoms with Crippen molar-refractivity contribution in [3.63, 3.8) is 0 Å². The number of carbonyl (C=O) groups is 1. The molecule has 6 nitrogen and oxygen atoms in total. The first-order valence-corrected chi connectivity index (χ1v) is 10.3. The predicted molar refractivity (Wildman–Crippen MR) is 111 cm³/mol. The van der Waals surface area contributed by atoms with Gasteiger partial charge >= 0.3 is 6.18 Å². The van der Waals surface area contributed by atoms with Gasteiger partial charge in [-0.05, 0) is 36.4 Å². The number of hydrogen-bond acceptors (Lipinski definition) is 6. The highest BCUT2D eigenvalue weighted by atomic mass is 32.2. The number of para-hydroxylation sites is 1. The molecule has 168 valence electrons. The summed E-state index contributed by atoms with van der Waals surface area (Å²) in [5.74, 6) is -0.917. The number of fused-ring (bicyclic) bond motifs is 1. The molecule has 0 aliphatic carbocycles. The number of alkyl halides is 3. The molecular weight excluding hydrogens is 462 g/mol. The second kappa shape index (κ2) is 8.99. The third-order valence-corrected chi connectivity index (χ3v) is 5.54. The second-order valence-electron chi connectivity index (χ2n) is 6.73. The van der Waals surface area contributed by atoms with Gasteiger partial charge in [-0.3, -0.25) is 4.79 Å². The average Bonchev–Trinajstić information content (AvgIpc) is 3.26. The summed E-state index contributed by atoms with van der Waals surface area (Å²) < 4.78 is 65.3. The number of nitrogens with zero attached hydrogens (tertiary/aromatic N) is 2. The number of nitrogens with one attached hydrogen (secondary N) is 1. The van der Waals surface area contributed by atoms with Crippen LogP contribution in [0.2, 0.25) is 0 Å². The highest BCUT2D eigenvalue weighted by Gasteiger charge is 2.36. The Morgan fingerprint density at radius 1 is 1.15 bits per heavy atom. The van der Waals surface area contributed by atoms with E-state index in [4.69, 9.17) is 9.47 Å². The molecule has 2 heterocycles. The molecule has 3 aromatic rings. The van der Waals surface area contributed by atoms with E-state index in [1.54, 1.807) is 6.07 Å². The fourth-order valence-electron chi connectivity index (χ4n) is 3.04. The summed E-state index contributed by atoms with van der Waals surface area (Å²) in [5.41, 5.74) is -1.69. The van der Waals surface area contributed by atoms with E-state index in [1.807, 2.05) is 0 Å². The maximum absolute atomic E-state index is 13.7. The molecule has 0 radical (unpaired) electrons. The Hall–Kier alpha value is -3.78. The number of halogens is 4. The van der Waals surface area contributed by atoms with Gasteiger partial charge in [0.05, 0.1) is 28.3 Å². The van der Waals surface area contributed by atoms with Crippen LogP contribution in [0.25, 0.3) is 11.3 Å². The molecule has 1 aromatic heterocycles. The van der Waals surface area contributed by atoms with Crippen LogP contribution in [0.1, 0.15) is 11.1 Å². The van der Waals surface area contributed by atoms with Gasteiger partial charge in [0.25, 0.3) is 0 Å². The summed E-state index contributed by atoms with van der Waals surface area (Å²) in [6.07, 6.45) is -4.83. The fourth-order valence-corrected chi connectivity index (χ4v) is 3.85. The maximum Gasteiger partial charge on any atom is 0.417 e. The van der Waals surface area contributed by atoms with Crippen molar-refractivity contribution < 1.29 is 31.8 Å². The topological polar surface area (TPSA) is 84.2 Å². The minimum Gasteiger partial charge on any atom is -0.454 e. The zero-order chi connectivity index (χ0) is 23.6. The zero-order valence-electron chi connectivity index (χ0n) is 16.6. The molecule has 0 spiro atoms. The second-order valence-corrected chi connectivity index (χ2v) is 7.69. The van der Waals surface area contributed by atoms with Crippen molar-refractivity contribution in [1.29, 1.82) is 5.26 Å². The number of hydrogen-bond donors (Lipinski definition) is 1. The molecule has 0 bridgehead atoms. The van der Waals surface area contributed by atoms with Gasteiger partial charge in [-0.25, -0.2) is 9.37 Å². The van der Waals surface area contributed by atoms with Gasteiger partial charge in [-0.15, -0.1) is 0 Å². The lowest BCUT2D eigenvalue weighted by Gasteiger charge is -2.14. The van der Waals surface area contributed by atoms with Gasteiger partial charge in [-0.2, -0.15) is 18.4 Å². The number of thioether (sulfide) groups is 1. The number of aromatic nitrogens is 1. The van der Waals surface area contributed by atoms with Crippen LogP contribution in [0, 0.1) is 17.1 Å². The van der Waals surface area contributed by atoms with Crippen LogP contribution in [-0.4, -0.2) is 23.4 Å². The van der Waals surface area contributed by atoms with Crippen molar-refractivity contribution in [1.82, 2.24) is 4.98 Å². The SMILES string of the molecule is N#Cc1c(C(F)(F)F)cc(-c2ccc3c(c2)OCO3)nc1SCC(=O)Nc1ccccc1F. The van der Waals surface area contributed by atoms with Gasteiger partial charge in [0.2, 0.25) is 12.7 Å². The van der Waals surface area contributed by atoms with E-state index >= 15 is 0 Å². The minimum atomic E-state index is -4.83. The van der Waals surface area contributed by atoms with Crippen LogP contribution in [0.4, 0.5) is 23.2 Å². The van der Waals surface area contributed by atoms with E-state index in [1.165, 1.54) is 36.4 Å². The van der Waals surface area contributed by atoms with Crippen LogP contribution >= 0.6 is 11.8 Å². The Morgan fingerprint density at radius 3 is 2.64 bits per heavy atom. The van der Waals surface area contributed by atoms with Gasteiger partial charge < -0.3 is 14.8 Å². The van der Waals surface area contributed by atoms with E-state index in [2.05, 4.69) is 10.3 Å². The molecule has 0 saturated carbocycles. The number of pyridine rings is 1. The molecule has 33 heavy (non-hydrogen) atoms. The third-order valence-electron chi connectivity index (χ3n) is 4.56. The number of amides is 1. The third kappa shape index (κ3) is 4.85. The van der Waals surface area contributed by atoms with Crippen molar-refractivity contribution >= 4 is 23.4 Å². The van der Waals surface area contributed by atoms with E-state index in [0.717, 1.165) is 12.1 Å². The monoisotopic (exact) mass is 475 g/mol. The number of anilines is 1. The summed E-state index contributed by atoms with van der Waals surface area (Å²) >= 11 is 0.645. The molecule has 1 amide bonds. The largest absolute Gasteiger partial charge is 0.454 e. The average molecular weight is 475 g/mol. The van der Waals surface area contributed by atoms with E-state index in [-0.39, 0.29) is 23.2 Å². The molecule has 0 atom stereocenters. The Kier molecular flexibility index (Phi) is 6.11. The molecule has 0 fully saturated rings. The zero-order valence-corrected chi connectivity index (χ0v) is 17.4. The first kappa shape index (κ1) is 22.4. The van der Waals surface area contributed by atoms with E-state index in [9.17, 15) is 27.6 Å². The summed E-state index contributed by atoms with van der Waals surface area (Å²) in [5, 5.41) is 11.5. The number of carbonyl (C=O) groups excluding carboxylic acids is 1. The quantitative estimate of drug-likeness (QED) is 0.402. The molecule has 1 aliphatic rings.